The Morgan fingerprint density at radius 3 is 2.06 bits per heavy atom. The largest absolute Gasteiger partial charge is 0.354 e. The van der Waals surface area contributed by atoms with Crippen molar-refractivity contribution in [1.29, 1.82) is 0 Å². The topological polar surface area (TPSA) is 15.8 Å². The van der Waals surface area contributed by atoms with Crippen molar-refractivity contribution in [3.8, 4) is 11.1 Å². The fourth-order valence-electron chi connectivity index (χ4n) is 5.05. The number of nitrogens with one attached hydrogen (secondary N) is 1. The van der Waals surface area contributed by atoms with E-state index in [0.717, 1.165) is 4.47 Å². The normalized spacial score (nSPS) is 13.0. The molecule has 0 bridgehead atoms. The van der Waals surface area contributed by atoms with Gasteiger partial charge in [0.2, 0.25) is 0 Å². The Morgan fingerprint density at radius 1 is 0.686 bits per heavy atom. The predicted octanol–water partition coefficient (Wildman–Crippen LogP) is 10.7. The van der Waals surface area contributed by atoms with Crippen LogP contribution in [0.25, 0.3) is 53.1 Å². The number of benzene rings is 4. The lowest BCUT2D eigenvalue weighted by Gasteiger charge is -2.26. The van der Waals surface area contributed by atoms with Crippen molar-refractivity contribution in [1.82, 2.24) is 4.98 Å². The van der Waals surface area contributed by atoms with E-state index in [1.165, 1.54) is 64.2 Å². The Morgan fingerprint density at radius 2 is 1.37 bits per heavy atom. The maximum absolute atomic E-state index is 3.87. The summed E-state index contributed by atoms with van der Waals surface area (Å²) < 4.78 is 3.81. The fraction of sp³-hybridized carbons (Fsp3) is 0.250. The van der Waals surface area contributed by atoms with Crippen LogP contribution in [0.3, 0.4) is 0 Å². The molecular weight excluding hydrogens is 510 g/mol. The third-order valence-electron chi connectivity index (χ3n) is 7.17. The van der Waals surface area contributed by atoms with Crippen LogP contribution >= 0.6 is 27.3 Å². The lowest BCUT2D eigenvalue weighted by molar-refractivity contribution is 0.569. The van der Waals surface area contributed by atoms with E-state index in [9.17, 15) is 0 Å². The molecule has 1 N–H and O–H groups in total. The molecule has 0 saturated carbocycles. The Hall–Kier alpha value is -2.62. The average Bonchev–Trinajstić information content (AvgIpc) is 3.36. The molecule has 0 aliphatic carbocycles. The molecule has 0 spiro atoms. The molecule has 35 heavy (non-hydrogen) atoms. The van der Waals surface area contributed by atoms with Crippen LogP contribution in [0.2, 0.25) is 0 Å². The molecule has 6 aromatic rings. The first kappa shape index (κ1) is 22.8. The highest BCUT2D eigenvalue weighted by Gasteiger charge is 2.21. The van der Waals surface area contributed by atoms with E-state index < -0.39 is 0 Å². The zero-order chi connectivity index (χ0) is 24.7. The third-order valence-corrected chi connectivity index (χ3v) is 9.00. The van der Waals surface area contributed by atoms with Crippen LogP contribution < -0.4 is 0 Å². The summed E-state index contributed by atoms with van der Waals surface area (Å²) in [5, 5.41) is 5.25. The molecule has 3 heteroatoms. The quantitative estimate of drug-likeness (QED) is 0.214. The van der Waals surface area contributed by atoms with Gasteiger partial charge in [0.05, 0.1) is 5.52 Å². The maximum atomic E-state index is 3.87. The molecule has 0 aliphatic heterocycles. The number of aromatic nitrogens is 1. The molecule has 2 aromatic heterocycles. The zero-order valence-electron chi connectivity index (χ0n) is 21.1. The summed E-state index contributed by atoms with van der Waals surface area (Å²) in [6.07, 6.45) is 0. The lowest BCUT2D eigenvalue weighted by atomic mass is 9.79. The average molecular weight is 541 g/mol. The van der Waals surface area contributed by atoms with Gasteiger partial charge in [-0.15, -0.1) is 11.3 Å². The molecule has 6 rings (SSSR count). The van der Waals surface area contributed by atoms with E-state index in [1.54, 1.807) is 0 Å². The number of thiophene rings is 1. The number of H-pyrrole nitrogens is 1. The Kier molecular flexibility index (Phi) is 5.01. The summed E-state index contributed by atoms with van der Waals surface area (Å²) in [7, 11) is 0. The monoisotopic (exact) mass is 539 g/mol. The van der Waals surface area contributed by atoms with Gasteiger partial charge in [-0.1, -0.05) is 90.1 Å². The Bertz CT molecular complexity index is 1740. The van der Waals surface area contributed by atoms with E-state index >= 15 is 0 Å². The highest BCUT2D eigenvalue weighted by atomic mass is 79.9. The summed E-state index contributed by atoms with van der Waals surface area (Å²) in [4.78, 5) is 3.74. The highest BCUT2D eigenvalue weighted by Crippen LogP contribution is 2.44. The molecule has 0 aliphatic rings. The van der Waals surface area contributed by atoms with Crippen LogP contribution in [0.5, 0.6) is 0 Å². The smallest absolute Gasteiger partial charge is 0.0624 e. The third kappa shape index (κ3) is 3.72. The van der Waals surface area contributed by atoms with Crippen molar-refractivity contribution in [2.75, 3.05) is 0 Å². The van der Waals surface area contributed by atoms with Gasteiger partial charge in [0.25, 0.3) is 0 Å². The molecule has 0 radical (unpaired) electrons. The van der Waals surface area contributed by atoms with Gasteiger partial charge in [0.15, 0.2) is 0 Å². The number of hydrogen-bond donors (Lipinski definition) is 1. The predicted molar refractivity (Wildman–Crippen MR) is 159 cm³/mol. The summed E-state index contributed by atoms with van der Waals surface area (Å²) >= 11 is 5.75. The van der Waals surface area contributed by atoms with Crippen LogP contribution in [-0.4, -0.2) is 4.98 Å². The van der Waals surface area contributed by atoms with E-state index in [1.807, 2.05) is 11.3 Å². The van der Waals surface area contributed by atoms with Crippen LogP contribution in [0.15, 0.2) is 71.2 Å². The Balaban J connectivity index is 1.61. The first-order valence-corrected chi connectivity index (χ1v) is 13.8. The molecular formula is C32H30BrNS. The van der Waals surface area contributed by atoms with E-state index in [4.69, 9.17) is 0 Å². The van der Waals surface area contributed by atoms with Gasteiger partial charge in [-0.05, 0) is 67.2 Å². The van der Waals surface area contributed by atoms with Crippen LogP contribution in [0.4, 0.5) is 0 Å². The summed E-state index contributed by atoms with van der Waals surface area (Å²) in [5.41, 5.74) is 7.85. The standard InChI is InChI=1S/C32H30BrNS/c1-31(2,3)20-13-19(14-21(16-20)32(4,5)6)18-11-12-23-26(15-18)34-29-25(33)17-24-22-9-7-8-10-27(22)35-30(24)28(23)29/h7-17,34H,1-6H3. The summed E-state index contributed by atoms with van der Waals surface area (Å²) in [5.74, 6) is 0. The van der Waals surface area contributed by atoms with Crippen molar-refractivity contribution in [2.45, 2.75) is 52.4 Å². The summed E-state index contributed by atoms with van der Waals surface area (Å²) in [6, 6.07) is 25.1. The van der Waals surface area contributed by atoms with E-state index in [-0.39, 0.29) is 10.8 Å². The van der Waals surface area contributed by atoms with Gasteiger partial charge in [0, 0.05) is 40.9 Å². The minimum atomic E-state index is 0.0961. The molecule has 0 fully saturated rings. The van der Waals surface area contributed by atoms with Gasteiger partial charge < -0.3 is 4.98 Å². The first-order chi connectivity index (χ1) is 16.5. The molecule has 4 aromatic carbocycles. The minimum absolute atomic E-state index is 0.0961. The second-order valence-corrected chi connectivity index (χ2v) is 13.7. The molecule has 0 atom stereocenters. The molecule has 0 amide bonds. The zero-order valence-corrected chi connectivity index (χ0v) is 23.5. The number of fused-ring (bicyclic) bond motifs is 7. The second kappa shape index (κ2) is 7.69. The van der Waals surface area contributed by atoms with Gasteiger partial charge in [-0.3, -0.25) is 0 Å². The second-order valence-electron chi connectivity index (χ2n) is 11.8. The lowest BCUT2D eigenvalue weighted by Crippen LogP contribution is -2.16. The van der Waals surface area contributed by atoms with Crippen molar-refractivity contribution < 1.29 is 0 Å². The molecule has 176 valence electrons. The SMILES string of the molecule is CC(C)(C)c1cc(-c2ccc3c(c2)[nH]c2c(Br)cc4c5ccccc5sc4c23)cc(C(C)(C)C)c1. The van der Waals surface area contributed by atoms with Crippen LogP contribution in [0, 0.1) is 0 Å². The summed E-state index contributed by atoms with van der Waals surface area (Å²) in [6.45, 7) is 13.8. The van der Waals surface area contributed by atoms with Crippen LogP contribution in [0.1, 0.15) is 52.7 Å². The fourth-order valence-corrected chi connectivity index (χ4v) is 6.82. The van der Waals surface area contributed by atoms with Crippen molar-refractivity contribution in [3.63, 3.8) is 0 Å². The number of hydrogen-bond acceptors (Lipinski definition) is 1. The first-order valence-electron chi connectivity index (χ1n) is 12.2. The van der Waals surface area contributed by atoms with Gasteiger partial charge in [0.1, 0.15) is 0 Å². The number of halogens is 1. The number of aromatic amines is 1. The van der Waals surface area contributed by atoms with Gasteiger partial charge >= 0.3 is 0 Å². The molecule has 0 unspecified atom stereocenters. The molecule has 2 heterocycles. The number of rotatable bonds is 1. The maximum Gasteiger partial charge on any atom is 0.0624 e. The van der Waals surface area contributed by atoms with Crippen molar-refractivity contribution in [2.24, 2.45) is 0 Å². The molecule has 0 saturated heterocycles. The van der Waals surface area contributed by atoms with Crippen LogP contribution in [-0.2, 0) is 10.8 Å². The Labute approximate surface area is 219 Å². The minimum Gasteiger partial charge on any atom is -0.354 e. The molecule has 1 nitrogen and oxygen atoms in total. The van der Waals surface area contributed by atoms with E-state index in [2.05, 4.69) is 129 Å². The van der Waals surface area contributed by atoms with Crippen molar-refractivity contribution >= 4 is 69.2 Å². The van der Waals surface area contributed by atoms with Gasteiger partial charge in [-0.25, -0.2) is 0 Å². The van der Waals surface area contributed by atoms with Crippen molar-refractivity contribution in [3.05, 3.63) is 82.3 Å². The van der Waals surface area contributed by atoms with Gasteiger partial charge in [-0.2, -0.15) is 0 Å². The highest BCUT2D eigenvalue weighted by molar-refractivity contribution is 9.10. The van der Waals surface area contributed by atoms with E-state index in [0.29, 0.717) is 0 Å².